The van der Waals surface area contributed by atoms with Crippen LogP contribution in [0, 0.1) is 6.92 Å². The number of allylic oxidation sites excluding steroid dienone is 1. The maximum absolute atomic E-state index is 6.25. The smallest absolute Gasteiger partial charge is 0.166 e. The number of morpholine rings is 1. The molecule has 17 heavy (non-hydrogen) atoms. The van der Waals surface area contributed by atoms with Crippen LogP contribution in [0.5, 0.6) is 0 Å². The quantitative estimate of drug-likeness (QED) is 0.735. The predicted octanol–water partition coefficient (Wildman–Crippen LogP) is 2.69. The van der Waals surface area contributed by atoms with Crippen molar-refractivity contribution in [3.63, 3.8) is 0 Å². The van der Waals surface area contributed by atoms with Gasteiger partial charge in [0, 0.05) is 6.08 Å². The molecule has 1 aromatic rings. The highest BCUT2D eigenvalue weighted by molar-refractivity contribution is 6.49. The number of benzene rings is 1. The second-order valence-corrected chi connectivity index (χ2v) is 4.59. The van der Waals surface area contributed by atoms with E-state index in [1.807, 2.05) is 24.4 Å². The van der Waals surface area contributed by atoms with E-state index in [-0.39, 0.29) is 0 Å². The van der Waals surface area contributed by atoms with Gasteiger partial charge in [-0.25, -0.2) is 4.58 Å². The third-order valence-corrected chi connectivity index (χ3v) is 3.15. The zero-order valence-corrected chi connectivity index (χ0v) is 10.8. The van der Waals surface area contributed by atoms with Gasteiger partial charge >= 0.3 is 0 Å². The summed E-state index contributed by atoms with van der Waals surface area (Å²) in [4.78, 5) is 0. The first-order valence-electron chi connectivity index (χ1n) is 5.85. The van der Waals surface area contributed by atoms with Crippen LogP contribution in [0.2, 0.25) is 0 Å². The average molecular weight is 251 g/mol. The lowest BCUT2D eigenvalue weighted by Gasteiger charge is -2.09. The lowest BCUT2D eigenvalue weighted by atomic mass is 10.1. The summed E-state index contributed by atoms with van der Waals surface area (Å²) in [7, 11) is 0. The van der Waals surface area contributed by atoms with Crippen LogP contribution in [0.1, 0.15) is 11.1 Å². The van der Waals surface area contributed by atoms with Crippen molar-refractivity contribution in [1.82, 2.24) is 0 Å². The molecule has 1 aliphatic rings. The molecule has 0 amide bonds. The van der Waals surface area contributed by atoms with E-state index >= 15 is 0 Å². The van der Waals surface area contributed by atoms with E-state index in [4.69, 9.17) is 16.3 Å². The van der Waals surface area contributed by atoms with Crippen molar-refractivity contribution in [2.24, 2.45) is 0 Å². The minimum Gasteiger partial charge on any atom is -0.368 e. The lowest BCUT2D eigenvalue weighted by Crippen LogP contribution is -2.28. The topological polar surface area (TPSA) is 12.2 Å². The van der Waals surface area contributed by atoms with Crippen LogP contribution in [0.3, 0.4) is 0 Å². The fraction of sp³-hybridized carbons (Fsp3) is 0.357. The highest BCUT2D eigenvalue weighted by Gasteiger charge is 2.09. The molecule has 0 radical (unpaired) electrons. The minimum atomic E-state index is 0.775. The third-order valence-electron chi connectivity index (χ3n) is 2.80. The largest absolute Gasteiger partial charge is 0.368 e. The summed E-state index contributed by atoms with van der Waals surface area (Å²) in [6.07, 6.45) is 4.00. The van der Waals surface area contributed by atoms with Crippen molar-refractivity contribution in [2.75, 3.05) is 26.3 Å². The molecule has 0 aliphatic carbocycles. The van der Waals surface area contributed by atoms with E-state index in [0.717, 1.165) is 36.9 Å². The van der Waals surface area contributed by atoms with Gasteiger partial charge in [0.2, 0.25) is 0 Å². The molecule has 0 saturated carbocycles. The molecule has 0 aromatic heterocycles. The predicted molar refractivity (Wildman–Crippen MR) is 71.9 cm³/mol. The Balaban J connectivity index is 2.08. The fourth-order valence-corrected chi connectivity index (χ4v) is 1.89. The van der Waals surface area contributed by atoms with Gasteiger partial charge in [0.05, 0.1) is 5.03 Å². The van der Waals surface area contributed by atoms with Crippen molar-refractivity contribution < 1.29 is 9.31 Å². The number of aryl methyl sites for hydroxylation is 1. The molecule has 0 unspecified atom stereocenters. The Labute approximate surface area is 107 Å². The molecule has 1 aromatic carbocycles. The second-order valence-electron chi connectivity index (χ2n) is 4.18. The first-order valence-corrected chi connectivity index (χ1v) is 6.23. The second kappa shape index (κ2) is 5.99. The maximum Gasteiger partial charge on any atom is 0.166 e. The van der Waals surface area contributed by atoms with Gasteiger partial charge in [0.1, 0.15) is 13.2 Å². The molecule has 3 heteroatoms. The SMILES string of the molecule is Cc1ccc(C(Cl)=CC=[N+]2CCOCC2)cc1. The average Bonchev–Trinajstić information content (AvgIpc) is 2.38. The number of hydrogen-bond donors (Lipinski definition) is 0. The molecule has 0 bridgehead atoms. The zero-order chi connectivity index (χ0) is 12.1. The van der Waals surface area contributed by atoms with Crippen LogP contribution in [0.15, 0.2) is 30.3 Å². The van der Waals surface area contributed by atoms with Gasteiger partial charge in [-0.1, -0.05) is 41.4 Å². The summed E-state index contributed by atoms with van der Waals surface area (Å²) in [5, 5.41) is 0.775. The van der Waals surface area contributed by atoms with E-state index in [1.165, 1.54) is 5.56 Å². The Hall–Kier alpha value is -1.12. The molecule has 90 valence electrons. The molecule has 1 aliphatic heterocycles. The highest BCUT2D eigenvalue weighted by atomic mass is 35.5. The number of halogens is 1. The Morgan fingerprint density at radius 2 is 1.88 bits per heavy atom. The van der Waals surface area contributed by atoms with Crippen molar-refractivity contribution in [1.29, 1.82) is 0 Å². The van der Waals surface area contributed by atoms with E-state index in [1.54, 1.807) is 0 Å². The standard InChI is InChI=1S/C14H17ClNO/c1-12-2-4-13(5-3-12)14(15)6-7-16-8-10-17-11-9-16/h2-7H,8-11H2,1H3/q+1. The van der Waals surface area contributed by atoms with E-state index in [2.05, 4.69) is 23.6 Å². The van der Waals surface area contributed by atoms with Gasteiger partial charge in [-0.3, -0.25) is 0 Å². The van der Waals surface area contributed by atoms with Crippen molar-refractivity contribution in [3.05, 3.63) is 41.5 Å². The Morgan fingerprint density at radius 1 is 1.24 bits per heavy atom. The summed E-state index contributed by atoms with van der Waals surface area (Å²) in [5.74, 6) is 0. The summed E-state index contributed by atoms with van der Waals surface area (Å²) in [6.45, 7) is 5.55. The van der Waals surface area contributed by atoms with E-state index in [0.29, 0.717) is 0 Å². The molecule has 0 N–H and O–H groups in total. The summed E-state index contributed by atoms with van der Waals surface area (Å²) in [5.41, 5.74) is 2.30. The number of rotatable bonds is 2. The van der Waals surface area contributed by atoms with Crippen molar-refractivity contribution >= 4 is 22.8 Å². The minimum absolute atomic E-state index is 0.775. The van der Waals surface area contributed by atoms with Crippen molar-refractivity contribution in [2.45, 2.75) is 6.92 Å². The van der Waals surface area contributed by atoms with Gasteiger partial charge in [-0.2, -0.15) is 0 Å². The highest BCUT2D eigenvalue weighted by Crippen LogP contribution is 2.18. The Kier molecular flexibility index (Phi) is 4.35. The molecule has 1 heterocycles. The normalized spacial score (nSPS) is 17.1. The van der Waals surface area contributed by atoms with Gasteiger partial charge in [-0.05, 0) is 12.5 Å². The molecular weight excluding hydrogens is 234 g/mol. The van der Waals surface area contributed by atoms with Crippen LogP contribution in [0.25, 0.3) is 5.03 Å². The van der Waals surface area contributed by atoms with Crippen LogP contribution >= 0.6 is 11.6 Å². The molecule has 1 saturated heterocycles. The van der Waals surface area contributed by atoms with Gasteiger partial charge in [0.15, 0.2) is 19.3 Å². The summed E-state index contributed by atoms with van der Waals surface area (Å²) in [6, 6.07) is 8.23. The molecular formula is C14H17ClNO+. The first kappa shape index (κ1) is 12.3. The van der Waals surface area contributed by atoms with Crippen LogP contribution < -0.4 is 0 Å². The number of ether oxygens (including phenoxy) is 1. The summed E-state index contributed by atoms with van der Waals surface area (Å²) >= 11 is 6.25. The first-order chi connectivity index (χ1) is 8.25. The maximum atomic E-state index is 6.25. The zero-order valence-electron chi connectivity index (χ0n) is 10.0. The molecule has 2 rings (SSSR count). The lowest BCUT2D eigenvalue weighted by molar-refractivity contribution is -0.544. The fourth-order valence-electron chi connectivity index (χ4n) is 1.71. The van der Waals surface area contributed by atoms with Gasteiger partial charge < -0.3 is 4.74 Å². The van der Waals surface area contributed by atoms with Gasteiger partial charge in [0.25, 0.3) is 0 Å². The number of nitrogens with zero attached hydrogens (tertiary/aromatic N) is 1. The van der Waals surface area contributed by atoms with Crippen LogP contribution in [-0.4, -0.2) is 37.1 Å². The monoisotopic (exact) mass is 250 g/mol. The Morgan fingerprint density at radius 3 is 2.53 bits per heavy atom. The molecule has 2 nitrogen and oxygen atoms in total. The molecule has 1 fully saturated rings. The molecule has 0 spiro atoms. The summed E-state index contributed by atoms with van der Waals surface area (Å²) < 4.78 is 7.51. The van der Waals surface area contributed by atoms with E-state index < -0.39 is 0 Å². The van der Waals surface area contributed by atoms with E-state index in [9.17, 15) is 0 Å². The van der Waals surface area contributed by atoms with Crippen molar-refractivity contribution in [3.8, 4) is 0 Å². The third kappa shape index (κ3) is 3.69. The van der Waals surface area contributed by atoms with Crippen LogP contribution in [-0.2, 0) is 4.74 Å². The Bertz CT molecular complexity index is 426. The molecule has 0 atom stereocenters. The van der Waals surface area contributed by atoms with Gasteiger partial charge in [-0.15, -0.1) is 0 Å². The van der Waals surface area contributed by atoms with Crippen LogP contribution in [0.4, 0.5) is 0 Å². The number of hydrogen-bond acceptors (Lipinski definition) is 1.